The van der Waals surface area contributed by atoms with Crippen molar-refractivity contribution in [3.05, 3.63) is 52.0 Å². The summed E-state index contributed by atoms with van der Waals surface area (Å²) in [6.45, 7) is 0.926. The van der Waals surface area contributed by atoms with Crippen LogP contribution in [0.25, 0.3) is 0 Å². The number of methoxy groups -OCH3 is 1. The summed E-state index contributed by atoms with van der Waals surface area (Å²) in [7, 11) is -2.37. The van der Waals surface area contributed by atoms with Gasteiger partial charge in [0.2, 0.25) is 10.0 Å². The molecule has 0 amide bonds. The second-order valence-electron chi connectivity index (χ2n) is 6.54. The summed E-state index contributed by atoms with van der Waals surface area (Å²) in [5.41, 5.74) is 0.109. The Kier molecular flexibility index (Phi) is 7.46. The first-order chi connectivity index (χ1) is 14.3. The van der Waals surface area contributed by atoms with Crippen LogP contribution in [0.2, 0.25) is 10.0 Å². The maximum Gasteiger partial charge on any atom is 0.338 e. The number of hydrogen-bond donors (Lipinski definition) is 0. The first kappa shape index (κ1) is 22.7. The number of esters is 1. The average Bonchev–Trinajstić information content (AvgIpc) is 3.27. The highest BCUT2D eigenvalue weighted by molar-refractivity contribution is 7.89. The Labute approximate surface area is 185 Å². The fraction of sp³-hybridized carbons (Fsp3) is 0.350. The Bertz CT molecular complexity index is 1020. The summed E-state index contributed by atoms with van der Waals surface area (Å²) in [6.07, 6.45) is 1.61. The van der Waals surface area contributed by atoms with Crippen LogP contribution >= 0.6 is 23.2 Å². The lowest BCUT2D eigenvalue weighted by Gasteiger charge is -2.18. The molecule has 1 aliphatic heterocycles. The molecule has 2 aromatic carbocycles. The number of hydrogen-bond acceptors (Lipinski definition) is 6. The summed E-state index contributed by atoms with van der Waals surface area (Å²) in [5.74, 6) is -0.0685. The second-order valence-corrected chi connectivity index (χ2v) is 9.29. The highest BCUT2D eigenvalue weighted by atomic mass is 35.5. The number of carbonyl (C=O) groups is 1. The zero-order chi connectivity index (χ0) is 21.7. The van der Waals surface area contributed by atoms with E-state index in [4.69, 9.17) is 37.4 Å². The fourth-order valence-corrected chi connectivity index (χ4v) is 5.20. The SMILES string of the molecule is COc1ccc(C(=O)OCCOc2ccc(Cl)cc2Cl)cc1S(=O)(=O)N1CCCC1. The van der Waals surface area contributed by atoms with Gasteiger partial charge in [0.15, 0.2) is 0 Å². The van der Waals surface area contributed by atoms with Crippen LogP contribution in [-0.4, -0.2) is 52.1 Å². The van der Waals surface area contributed by atoms with Gasteiger partial charge in [-0.3, -0.25) is 0 Å². The second kappa shape index (κ2) is 9.87. The van der Waals surface area contributed by atoms with Crippen LogP contribution < -0.4 is 9.47 Å². The van der Waals surface area contributed by atoms with E-state index in [1.54, 1.807) is 18.2 Å². The molecule has 0 bridgehead atoms. The normalized spacial score (nSPS) is 14.5. The molecular formula is C20H21Cl2NO6S. The number of sulfonamides is 1. The third-order valence-corrected chi connectivity index (χ3v) is 7.00. The van der Waals surface area contributed by atoms with E-state index in [1.165, 1.54) is 29.6 Å². The highest BCUT2D eigenvalue weighted by Crippen LogP contribution is 2.30. The molecule has 1 heterocycles. The fourth-order valence-electron chi connectivity index (χ4n) is 3.03. The molecule has 162 valence electrons. The van der Waals surface area contributed by atoms with Crippen molar-refractivity contribution < 1.29 is 27.4 Å². The molecule has 0 N–H and O–H groups in total. The van der Waals surface area contributed by atoms with E-state index in [0.29, 0.717) is 28.9 Å². The van der Waals surface area contributed by atoms with Crippen molar-refractivity contribution in [2.24, 2.45) is 0 Å². The smallest absolute Gasteiger partial charge is 0.338 e. The van der Waals surface area contributed by atoms with E-state index in [-0.39, 0.29) is 29.4 Å². The molecule has 1 fully saturated rings. The van der Waals surface area contributed by atoms with Gasteiger partial charge in [0.25, 0.3) is 0 Å². The van der Waals surface area contributed by atoms with Crippen molar-refractivity contribution in [2.45, 2.75) is 17.7 Å². The van der Waals surface area contributed by atoms with Crippen molar-refractivity contribution >= 4 is 39.2 Å². The van der Waals surface area contributed by atoms with E-state index in [1.807, 2.05) is 0 Å². The van der Waals surface area contributed by atoms with Crippen molar-refractivity contribution in [3.8, 4) is 11.5 Å². The van der Waals surface area contributed by atoms with Crippen LogP contribution in [0.3, 0.4) is 0 Å². The Morgan fingerprint density at radius 3 is 2.40 bits per heavy atom. The zero-order valence-electron chi connectivity index (χ0n) is 16.3. The minimum atomic E-state index is -3.76. The lowest BCUT2D eigenvalue weighted by Crippen LogP contribution is -2.28. The van der Waals surface area contributed by atoms with Crippen LogP contribution in [-0.2, 0) is 14.8 Å². The Morgan fingerprint density at radius 2 is 1.73 bits per heavy atom. The molecule has 7 nitrogen and oxygen atoms in total. The molecule has 2 aromatic rings. The number of ether oxygens (including phenoxy) is 3. The lowest BCUT2D eigenvalue weighted by atomic mass is 10.2. The maximum absolute atomic E-state index is 12.9. The number of halogens is 2. The third-order valence-electron chi connectivity index (χ3n) is 4.55. The van der Waals surface area contributed by atoms with Gasteiger partial charge in [-0.05, 0) is 49.2 Å². The topological polar surface area (TPSA) is 82.1 Å². The molecule has 0 aliphatic carbocycles. The summed E-state index contributed by atoms with van der Waals surface area (Å²) >= 11 is 11.9. The van der Waals surface area contributed by atoms with Crippen LogP contribution in [0.1, 0.15) is 23.2 Å². The lowest BCUT2D eigenvalue weighted by molar-refractivity contribution is 0.0450. The minimum Gasteiger partial charge on any atom is -0.495 e. The molecule has 0 atom stereocenters. The zero-order valence-corrected chi connectivity index (χ0v) is 18.6. The largest absolute Gasteiger partial charge is 0.495 e. The number of carbonyl (C=O) groups excluding carboxylic acids is 1. The molecule has 0 unspecified atom stereocenters. The van der Waals surface area contributed by atoms with Gasteiger partial charge in [-0.2, -0.15) is 4.31 Å². The molecule has 0 radical (unpaired) electrons. The predicted octanol–water partition coefficient (Wildman–Crippen LogP) is 4.02. The van der Waals surface area contributed by atoms with Crippen LogP contribution in [0.4, 0.5) is 0 Å². The average molecular weight is 474 g/mol. The summed E-state index contributed by atoms with van der Waals surface area (Å²) in [6, 6.07) is 8.99. The van der Waals surface area contributed by atoms with E-state index in [9.17, 15) is 13.2 Å². The standard InChI is InChI=1S/C20H21Cl2NO6S/c1-27-18-6-4-14(12-19(18)30(25,26)23-8-2-3-9-23)20(24)29-11-10-28-17-7-5-15(21)13-16(17)22/h4-7,12-13H,2-3,8-11H2,1H3. The summed E-state index contributed by atoms with van der Waals surface area (Å²) in [5, 5.41) is 0.832. The molecule has 1 saturated heterocycles. The molecule has 10 heteroatoms. The van der Waals surface area contributed by atoms with Gasteiger partial charge in [0.05, 0.1) is 17.7 Å². The quantitative estimate of drug-likeness (QED) is 0.425. The monoisotopic (exact) mass is 473 g/mol. The predicted molar refractivity (Wildman–Crippen MR) is 113 cm³/mol. The summed E-state index contributed by atoms with van der Waals surface area (Å²) in [4.78, 5) is 12.3. The van der Waals surface area contributed by atoms with Crippen LogP contribution in [0.15, 0.2) is 41.3 Å². The number of nitrogens with zero attached hydrogens (tertiary/aromatic N) is 1. The number of rotatable bonds is 8. The maximum atomic E-state index is 12.9. The first-order valence-corrected chi connectivity index (χ1v) is 11.5. The molecule has 1 aliphatic rings. The Morgan fingerprint density at radius 1 is 1.03 bits per heavy atom. The van der Waals surface area contributed by atoms with Gasteiger partial charge in [-0.1, -0.05) is 23.2 Å². The molecule has 0 saturated carbocycles. The van der Waals surface area contributed by atoms with E-state index >= 15 is 0 Å². The third kappa shape index (κ3) is 5.18. The Balaban J connectivity index is 1.65. The highest BCUT2D eigenvalue weighted by Gasteiger charge is 2.30. The van der Waals surface area contributed by atoms with Crippen molar-refractivity contribution in [1.29, 1.82) is 0 Å². The molecule has 3 rings (SSSR count). The molecule has 0 aromatic heterocycles. The van der Waals surface area contributed by atoms with Gasteiger partial charge >= 0.3 is 5.97 Å². The molecule has 0 spiro atoms. The molecular weight excluding hydrogens is 453 g/mol. The van der Waals surface area contributed by atoms with Gasteiger partial charge in [0, 0.05) is 18.1 Å². The number of benzene rings is 2. The Hall–Kier alpha value is -2.00. The van der Waals surface area contributed by atoms with Crippen molar-refractivity contribution in [2.75, 3.05) is 33.4 Å². The minimum absolute atomic E-state index is 0.0436. The van der Waals surface area contributed by atoms with Crippen LogP contribution in [0, 0.1) is 0 Å². The van der Waals surface area contributed by atoms with E-state index in [0.717, 1.165) is 12.8 Å². The van der Waals surface area contributed by atoms with Crippen LogP contribution in [0.5, 0.6) is 11.5 Å². The first-order valence-electron chi connectivity index (χ1n) is 9.26. The van der Waals surface area contributed by atoms with Crippen molar-refractivity contribution in [3.63, 3.8) is 0 Å². The van der Waals surface area contributed by atoms with Gasteiger partial charge in [-0.15, -0.1) is 0 Å². The van der Waals surface area contributed by atoms with E-state index < -0.39 is 16.0 Å². The van der Waals surface area contributed by atoms with Gasteiger partial charge in [-0.25, -0.2) is 13.2 Å². The van der Waals surface area contributed by atoms with Crippen molar-refractivity contribution in [1.82, 2.24) is 4.31 Å². The molecule has 30 heavy (non-hydrogen) atoms. The van der Waals surface area contributed by atoms with E-state index in [2.05, 4.69) is 0 Å². The summed E-state index contributed by atoms with van der Waals surface area (Å²) < 4.78 is 43.1. The van der Waals surface area contributed by atoms with Gasteiger partial charge in [0.1, 0.15) is 29.6 Å². The van der Waals surface area contributed by atoms with Gasteiger partial charge < -0.3 is 14.2 Å².